The number of hydrogen-bond donors (Lipinski definition) is 1. The van der Waals surface area contributed by atoms with Gasteiger partial charge in [0.25, 0.3) is 10.0 Å². The van der Waals surface area contributed by atoms with Gasteiger partial charge in [-0.1, -0.05) is 35.4 Å². The van der Waals surface area contributed by atoms with Gasteiger partial charge in [-0.15, -0.1) is 0 Å². The van der Waals surface area contributed by atoms with Crippen molar-refractivity contribution in [2.75, 3.05) is 25.1 Å². The largest absolute Gasteiger partial charge is 0.497 e. The van der Waals surface area contributed by atoms with Gasteiger partial charge in [-0.3, -0.25) is 9.10 Å². The fourth-order valence-corrected chi connectivity index (χ4v) is 5.15. The van der Waals surface area contributed by atoms with Gasteiger partial charge in [0.15, 0.2) is 0 Å². The molecule has 9 heteroatoms. The van der Waals surface area contributed by atoms with Crippen LogP contribution in [0.25, 0.3) is 0 Å². The maximum absolute atomic E-state index is 13.6. The van der Waals surface area contributed by atoms with Gasteiger partial charge in [0.1, 0.15) is 18.0 Å². The summed E-state index contributed by atoms with van der Waals surface area (Å²) in [6.07, 6.45) is 0. The summed E-state index contributed by atoms with van der Waals surface area (Å²) in [5.41, 5.74) is 2.72. The smallest absolute Gasteiger partial charge is 0.264 e. The highest BCUT2D eigenvalue weighted by Gasteiger charge is 2.28. The first-order chi connectivity index (χ1) is 16.6. The Kier molecular flexibility index (Phi) is 8.30. The zero-order chi connectivity index (χ0) is 25.8. The number of ether oxygens (including phenoxy) is 2. The van der Waals surface area contributed by atoms with E-state index in [-0.39, 0.29) is 4.90 Å². The number of sulfonamides is 1. The Morgan fingerprint density at radius 1 is 1.00 bits per heavy atom. The number of anilines is 1. The summed E-state index contributed by atoms with van der Waals surface area (Å²) < 4.78 is 38.9. The van der Waals surface area contributed by atoms with Crippen molar-refractivity contribution in [3.05, 3.63) is 82.4 Å². The number of carbonyl (C=O) groups is 1. The van der Waals surface area contributed by atoms with Gasteiger partial charge < -0.3 is 14.8 Å². The van der Waals surface area contributed by atoms with Crippen LogP contribution in [0, 0.1) is 13.8 Å². The Bertz CT molecular complexity index is 1310. The van der Waals surface area contributed by atoms with Crippen molar-refractivity contribution >= 4 is 33.2 Å². The van der Waals surface area contributed by atoms with Crippen LogP contribution < -0.4 is 19.1 Å². The second-order valence-corrected chi connectivity index (χ2v) is 10.4. The summed E-state index contributed by atoms with van der Waals surface area (Å²) >= 11 is 6.29. The van der Waals surface area contributed by atoms with E-state index in [9.17, 15) is 13.2 Å². The van der Waals surface area contributed by atoms with Crippen LogP contribution in [0.3, 0.4) is 0 Å². The second-order valence-electron chi connectivity index (χ2n) is 8.16. The van der Waals surface area contributed by atoms with Gasteiger partial charge in [0, 0.05) is 10.6 Å². The maximum atomic E-state index is 13.6. The molecule has 1 atom stereocenters. The Morgan fingerprint density at radius 2 is 1.69 bits per heavy atom. The lowest BCUT2D eigenvalue weighted by Crippen LogP contribution is -2.41. The molecule has 0 aliphatic rings. The molecule has 0 heterocycles. The zero-order valence-corrected chi connectivity index (χ0v) is 21.9. The summed E-state index contributed by atoms with van der Waals surface area (Å²) in [4.78, 5) is 13.2. The highest BCUT2D eigenvalue weighted by Crippen LogP contribution is 2.30. The molecule has 1 amide bonds. The van der Waals surface area contributed by atoms with Crippen LogP contribution in [0.5, 0.6) is 11.5 Å². The van der Waals surface area contributed by atoms with E-state index in [2.05, 4.69) is 5.32 Å². The monoisotopic (exact) mass is 516 g/mol. The van der Waals surface area contributed by atoms with Crippen molar-refractivity contribution in [1.82, 2.24) is 5.32 Å². The first-order valence-electron chi connectivity index (χ1n) is 10.9. The van der Waals surface area contributed by atoms with Crippen LogP contribution in [0.15, 0.2) is 65.6 Å². The lowest BCUT2D eigenvalue weighted by Gasteiger charge is -2.26. The standard InChI is InChI=1S/C26H29ClN2O5S/c1-17-6-11-22(12-7-17)35(31,32)29(20-9-8-18(2)24(27)14-20)16-26(30)28-19(3)23-15-21(33-4)10-13-25(23)34-5/h6-15,19H,16H2,1-5H3,(H,28,30). The van der Waals surface area contributed by atoms with Crippen molar-refractivity contribution < 1.29 is 22.7 Å². The normalized spacial score (nSPS) is 12.1. The van der Waals surface area contributed by atoms with Crippen LogP contribution in [0.1, 0.15) is 29.7 Å². The van der Waals surface area contributed by atoms with Crippen molar-refractivity contribution in [1.29, 1.82) is 0 Å². The quantitative estimate of drug-likeness (QED) is 0.430. The molecule has 3 rings (SSSR count). The molecule has 0 aromatic heterocycles. The highest BCUT2D eigenvalue weighted by atomic mass is 35.5. The van der Waals surface area contributed by atoms with Gasteiger partial charge in [0.05, 0.1) is 30.8 Å². The molecule has 0 bridgehead atoms. The number of methoxy groups -OCH3 is 2. The summed E-state index contributed by atoms with van der Waals surface area (Å²) in [5, 5.41) is 3.27. The molecular formula is C26H29ClN2O5S. The third kappa shape index (κ3) is 6.07. The molecule has 1 unspecified atom stereocenters. The number of nitrogens with one attached hydrogen (secondary N) is 1. The summed E-state index contributed by atoms with van der Waals surface area (Å²) in [7, 11) is -0.961. The minimum Gasteiger partial charge on any atom is -0.497 e. The van der Waals surface area contributed by atoms with Gasteiger partial charge in [0.2, 0.25) is 5.91 Å². The van der Waals surface area contributed by atoms with Crippen molar-refractivity contribution in [3.8, 4) is 11.5 Å². The molecular weight excluding hydrogens is 488 g/mol. The fraction of sp³-hybridized carbons (Fsp3) is 0.269. The Morgan fingerprint density at radius 3 is 2.29 bits per heavy atom. The average Bonchev–Trinajstić information content (AvgIpc) is 2.84. The average molecular weight is 517 g/mol. The maximum Gasteiger partial charge on any atom is 0.264 e. The number of hydrogen-bond acceptors (Lipinski definition) is 5. The molecule has 0 spiro atoms. The number of rotatable bonds is 9. The van der Waals surface area contributed by atoms with Crippen molar-refractivity contribution in [3.63, 3.8) is 0 Å². The lowest BCUT2D eigenvalue weighted by molar-refractivity contribution is -0.120. The topological polar surface area (TPSA) is 84.9 Å². The molecule has 3 aromatic rings. The number of halogens is 1. The van der Waals surface area contributed by atoms with E-state index in [1.165, 1.54) is 19.2 Å². The van der Waals surface area contributed by atoms with Crippen LogP contribution in [0.4, 0.5) is 5.69 Å². The molecule has 0 saturated carbocycles. The Labute approximate surface area is 211 Å². The van der Waals surface area contributed by atoms with Crippen LogP contribution in [0.2, 0.25) is 5.02 Å². The number of amides is 1. The molecule has 35 heavy (non-hydrogen) atoms. The van der Waals surface area contributed by atoms with Crippen molar-refractivity contribution in [2.24, 2.45) is 0 Å². The number of aryl methyl sites for hydroxylation is 2. The summed E-state index contributed by atoms with van der Waals surface area (Å²) in [6.45, 7) is 5.04. The van der Waals surface area contributed by atoms with E-state index in [1.54, 1.807) is 62.6 Å². The first-order valence-corrected chi connectivity index (χ1v) is 12.8. The summed E-state index contributed by atoms with van der Waals surface area (Å²) in [5.74, 6) is 0.697. The van der Waals surface area contributed by atoms with Crippen LogP contribution in [-0.4, -0.2) is 35.1 Å². The van der Waals surface area contributed by atoms with Gasteiger partial charge >= 0.3 is 0 Å². The molecule has 3 aromatic carbocycles. The Hall–Kier alpha value is -3.23. The Balaban J connectivity index is 1.94. The first kappa shape index (κ1) is 26.4. The van der Waals surface area contributed by atoms with E-state index in [1.807, 2.05) is 13.8 Å². The molecule has 0 fully saturated rings. The third-order valence-corrected chi connectivity index (χ3v) is 7.82. The van der Waals surface area contributed by atoms with E-state index < -0.39 is 28.5 Å². The molecule has 1 N–H and O–H groups in total. The lowest BCUT2D eigenvalue weighted by atomic mass is 10.1. The highest BCUT2D eigenvalue weighted by molar-refractivity contribution is 7.92. The van der Waals surface area contributed by atoms with Gasteiger partial charge in [-0.2, -0.15) is 0 Å². The van der Waals surface area contributed by atoms with Crippen LogP contribution >= 0.6 is 11.6 Å². The SMILES string of the molecule is COc1ccc(OC)c(C(C)NC(=O)CN(c2ccc(C)c(Cl)c2)S(=O)(=O)c2ccc(C)cc2)c1. The predicted molar refractivity (Wildman–Crippen MR) is 138 cm³/mol. The molecule has 186 valence electrons. The summed E-state index contributed by atoms with van der Waals surface area (Å²) in [6, 6.07) is 16.2. The molecule has 0 saturated heterocycles. The molecule has 0 radical (unpaired) electrons. The number of nitrogens with zero attached hydrogens (tertiary/aromatic N) is 1. The van der Waals surface area contributed by atoms with E-state index >= 15 is 0 Å². The minimum absolute atomic E-state index is 0.0788. The minimum atomic E-state index is -4.05. The van der Waals surface area contributed by atoms with E-state index in [0.717, 1.165) is 15.4 Å². The molecule has 0 aliphatic carbocycles. The third-order valence-electron chi connectivity index (χ3n) is 5.62. The number of benzene rings is 3. The van der Waals surface area contributed by atoms with Gasteiger partial charge in [-0.25, -0.2) is 8.42 Å². The second kappa shape index (κ2) is 11.0. The van der Waals surface area contributed by atoms with Crippen molar-refractivity contribution in [2.45, 2.75) is 31.7 Å². The fourth-order valence-electron chi connectivity index (χ4n) is 3.56. The predicted octanol–water partition coefficient (Wildman–Crippen LogP) is 5.05. The van der Waals surface area contributed by atoms with Gasteiger partial charge in [-0.05, 0) is 68.8 Å². The zero-order valence-electron chi connectivity index (χ0n) is 20.3. The molecule has 0 aliphatic heterocycles. The molecule has 7 nitrogen and oxygen atoms in total. The van der Waals surface area contributed by atoms with Crippen LogP contribution in [-0.2, 0) is 14.8 Å². The van der Waals surface area contributed by atoms with E-state index in [4.69, 9.17) is 21.1 Å². The van der Waals surface area contributed by atoms with E-state index in [0.29, 0.717) is 27.8 Å². The number of carbonyl (C=O) groups excluding carboxylic acids is 1.